The van der Waals surface area contributed by atoms with Crippen LogP contribution in [0.25, 0.3) is 22.4 Å². The first-order chi connectivity index (χ1) is 13.6. The zero-order chi connectivity index (χ0) is 21.3. The lowest BCUT2D eigenvalue weighted by Crippen LogP contribution is -2.22. The van der Waals surface area contributed by atoms with Crippen molar-refractivity contribution in [3.05, 3.63) is 39.4 Å². The number of nitrogens with two attached hydrogens (primary N) is 1. The highest BCUT2D eigenvalue weighted by Crippen LogP contribution is 2.27. The number of ether oxygens (including phenoxy) is 1. The van der Waals surface area contributed by atoms with Gasteiger partial charge in [0.2, 0.25) is 5.43 Å². The smallest absolute Gasteiger partial charge is 0.204 e. The van der Waals surface area contributed by atoms with E-state index >= 15 is 0 Å². The van der Waals surface area contributed by atoms with Gasteiger partial charge in [-0.3, -0.25) is 4.79 Å². The molecule has 3 aromatic heterocycles. The van der Waals surface area contributed by atoms with Crippen LogP contribution in [0.15, 0.2) is 23.1 Å². The molecule has 0 fully saturated rings. The van der Waals surface area contributed by atoms with Gasteiger partial charge in [0, 0.05) is 27.4 Å². The second-order valence-electron chi connectivity index (χ2n) is 8.36. The molecule has 3 rings (SSSR count). The van der Waals surface area contributed by atoms with Gasteiger partial charge in [0.15, 0.2) is 0 Å². The third-order valence-corrected chi connectivity index (χ3v) is 6.69. The summed E-state index contributed by atoms with van der Waals surface area (Å²) < 4.78 is 9.53. The molecule has 0 saturated carbocycles. The fraction of sp³-hybridized carbons (Fsp3) is 0.450. The molecule has 0 aromatic carbocycles. The van der Waals surface area contributed by atoms with Gasteiger partial charge >= 0.3 is 0 Å². The summed E-state index contributed by atoms with van der Waals surface area (Å²) in [7, 11) is -1.17. The van der Waals surface area contributed by atoms with Crippen LogP contribution in [0.4, 0.5) is 5.82 Å². The number of halogens is 1. The first-order valence-electron chi connectivity index (χ1n) is 9.73. The standard InChI is InChI=1S/C20H28ClN5O2Si/c1-6-26-18(22)16(17(27)14-7-8-15(21)24-19(14)26)20-23-13(2)11-25(20)12-28-9-10-29(3,4)5/h7-8,11H,6,9-10,12,22H2,1-5H3. The molecule has 3 aromatic rings. The minimum absolute atomic E-state index is 0.208. The summed E-state index contributed by atoms with van der Waals surface area (Å²) in [5, 5.41) is 0.784. The summed E-state index contributed by atoms with van der Waals surface area (Å²) in [6, 6.07) is 4.37. The lowest BCUT2D eigenvalue weighted by molar-refractivity contribution is 0.0882. The maximum Gasteiger partial charge on any atom is 0.204 e. The SMILES string of the molecule is CCn1c(N)c(-c2nc(C)cn2COCC[Si](C)(C)C)c(=O)c2ccc(Cl)nc21. The van der Waals surface area contributed by atoms with Gasteiger partial charge in [0.05, 0.1) is 11.1 Å². The fourth-order valence-corrected chi connectivity index (χ4v) is 4.13. The summed E-state index contributed by atoms with van der Waals surface area (Å²) in [4.78, 5) is 22.2. The summed E-state index contributed by atoms with van der Waals surface area (Å²) in [5.74, 6) is 0.839. The van der Waals surface area contributed by atoms with E-state index in [4.69, 9.17) is 22.1 Å². The van der Waals surface area contributed by atoms with Crippen LogP contribution in [0.5, 0.6) is 0 Å². The van der Waals surface area contributed by atoms with E-state index in [1.54, 1.807) is 16.7 Å². The van der Waals surface area contributed by atoms with Crippen LogP contribution < -0.4 is 11.2 Å². The first kappa shape index (κ1) is 21.5. The van der Waals surface area contributed by atoms with E-state index < -0.39 is 8.07 Å². The van der Waals surface area contributed by atoms with E-state index in [0.717, 1.165) is 11.7 Å². The summed E-state index contributed by atoms with van der Waals surface area (Å²) in [6.45, 7) is 12.3. The molecule has 0 amide bonds. The van der Waals surface area contributed by atoms with E-state index in [1.807, 2.05) is 24.6 Å². The fourth-order valence-electron chi connectivity index (χ4n) is 3.23. The second-order valence-corrected chi connectivity index (χ2v) is 14.4. The van der Waals surface area contributed by atoms with E-state index in [-0.39, 0.29) is 5.43 Å². The van der Waals surface area contributed by atoms with Crippen molar-refractivity contribution in [2.24, 2.45) is 0 Å². The zero-order valence-electron chi connectivity index (χ0n) is 17.6. The highest BCUT2D eigenvalue weighted by atomic mass is 35.5. The monoisotopic (exact) mass is 433 g/mol. The molecule has 0 saturated heterocycles. The molecule has 29 heavy (non-hydrogen) atoms. The van der Waals surface area contributed by atoms with Crippen LogP contribution in [0.3, 0.4) is 0 Å². The number of pyridine rings is 2. The molecule has 0 unspecified atom stereocenters. The minimum Gasteiger partial charge on any atom is -0.384 e. The Morgan fingerprint density at radius 3 is 2.62 bits per heavy atom. The van der Waals surface area contributed by atoms with E-state index in [2.05, 4.69) is 29.6 Å². The molecule has 7 nitrogen and oxygen atoms in total. The number of anilines is 1. The lowest BCUT2D eigenvalue weighted by atomic mass is 10.1. The molecular formula is C20H28ClN5O2Si. The number of rotatable bonds is 7. The maximum absolute atomic E-state index is 13.3. The summed E-state index contributed by atoms with van der Waals surface area (Å²) >= 11 is 6.04. The minimum atomic E-state index is -1.17. The quantitative estimate of drug-likeness (QED) is 0.343. The van der Waals surface area contributed by atoms with Crippen molar-refractivity contribution in [3.8, 4) is 11.4 Å². The zero-order valence-corrected chi connectivity index (χ0v) is 19.4. The molecule has 156 valence electrons. The summed E-state index contributed by atoms with van der Waals surface area (Å²) in [5.41, 5.74) is 7.86. The molecule has 9 heteroatoms. The Bertz CT molecular complexity index is 1100. The number of fused-ring (bicyclic) bond motifs is 1. The van der Waals surface area contributed by atoms with Gasteiger partial charge in [-0.15, -0.1) is 0 Å². The molecule has 0 aliphatic rings. The number of nitrogen functional groups attached to an aromatic ring is 1. The van der Waals surface area contributed by atoms with Crippen molar-refractivity contribution in [1.29, 1.82) is 0 Å². The Hall–Kier alpha value is -2.16. The van der Waals surface area contributed by atoms with E-state index in [9.17, 15) is 4.79 Å². The second kappa shape index (κ2) is 8.29. The van der Waals surface area contributed by atoms with Gasteiger partial charge in [-0.1, -0.05) is 31.2 Å². The van der Waals surface area contributed by atoms with Crippen LogP contribution >= 0.6 is 11.6 Å². The van der Waals surface area contributed by atoms with E-state index in [0.29, 0.717) is 53.3 Å². The molecule has 0 bridgehead atoms. The lowest BCUT2D eigenvalue weighted by Gasteiger charge is -2.17. The molecule has 2 N–H and O–H groups in total. The number of aryl methyl sites for hydroxylation is 2. The average molecular weight is 434 g/mol. The van der Waals surface area contributed by atoms with Gasteiger partial charge in [-0.25, -0.2) is 9.97 Å². The van der Waals surface area contributed by atoms with Crippen molar-refractivity contribution in [3.63, 3.8) is 0 Å². The third-order valence-electron chi connectivity index (χ3n) is 4.78. The Balaban J connectivity index is 2.07. The number of aromatic nitrogens is 4. The number of imidazole rings is 1. The average Bonchev–Trinajstić information content (AvgIpc) is 2.98. The van der Waals surface area contributed by atoms with Gasteiger partial charge in [-0.05, 0) is 32.0 Å². The number of hydrogen-bond acceptors (Lipinski definition) is 5. The van der Waals surface area contributed by atoms with Crippen LogP contribution in [0.2, 0.25) is 30.8 Å². The van der Waals surface area contributed by atoms with Crippen molar-refractivity contribution in [2.75, 3.05) is 12.3 Å². The highest BCUT2D eigenvalue weighted by molar-refractivity contribution is 6.76. The van der Waals surface area contributed by atoms with E-state index in [1.165, 1.54) is 0 Å². The van der Waals surface area contributed by atoms with Crippen molar-refractivity contribution in [1.82, 2.24) is 19.1 Å². The summed E-state index contributed by atoms with van der Waals surface area (Å²) in [6.07, 6.45) is 1.88. The van der Waals surface area contributed by atoms with Crippen molar-refractivity contribution in [2.45, 2.75) is 52.8 Å². The van der Waals surface area contributed by atoms with Gasteiger partial charge in [0.25, 0.3) is 0 Å². The predicted molar refractivity (Wildman–Crippen MR) is 121 cm³/mol. The topological polar surface area (TPSA) is 88.0 Å². The Labute approximate surface area is 176 Å². The van der Waals surface area contributed by atoms with Gasteiger partial charge in [-0.2, -0.15) is 0 Å². The molecule has 0 aliphatic heterocycles. The van der Waals surface area contributed by atoms with Crippen molar-refractivity contribution < 1.29 is 4.74 Å². The number of hydrogen-bond donors (Lipinski definition) is 1. The molecular weight excluding hydrogens is 406 g/mol. The largest absolute Gasteiger partial charge is 0.384 e. The highest BCUT2D eigenvalue weighted by Gasteiger charge is 2.21. The Morgan fingerprint density at radius 2 is 1.97 bits per heavy atom. The normalized spacial score (nSPS) is 12.1. The molecule has 0 radical (unpaired) electrons. The van der Waals surface area contributed by atoms with Gasteiger partial charge in [0.1, 0.15) is 34.7 Å². The van der Waals surface area contributed by atoms with Crippen LogP contribution in [0.1, 0.15) is 12.6 Å². The van der Waals surface area contributed by atoms with Gasteiger partial charge < -0.3 is 19.6 Å². The predicted octanol–water partition coefficient (Wildman–Crippen LogP) is 4.14. The van der Waals surface area contributed by atoms with Crippen molar-refractivity contribution >= 4 is 36.5 Å². The van der Waals surface area contributed by atoms with Crippen LogP contribution in [-0.4, -0.2) is 33.8 Å². The first-order valence-corrected chi connectivity index (χ1v) is 13.8. The molecule has 3 heterocycles. The molecule has 0 aliphatic carbocycles. The third kappa shape index (κ3) is 4.54. The molecule has 0 spiro atoms. The number of nitrogens with zero attached hydrogens (tertiary/aromatic N) is 4. The Kier molecular flexibility index (Phi) is 6.16. The van der Waals surface area contributed by atoms with Crippen LogP contribution in [0, 0.1) is 6.92 Å². The Morgan fingerprint density at radius 1 is 1.24 bits per heavy atom. The van der Waals surface area contributed by atoms with Crippen LogP contribution in [-0.2, 0) is 18.0 Å². The molecule has 0 atom stereocenters. The maximum atomic E-state index is 13.3.